The van der Waals surface area contributed by atoms with Crippen LogP contribution in [0.5, 0.6) is 0 Å². The van der Waals surface area contributed by atoms with Gasteiger partial charge in [-0.15, -0.1) is 0 Å². The quantitative estimate of drug-likeness (QED) is 0.789. The molecule has 26 heavy (non-hydrogen) atoms. The number of fused-ring (bicyclic) bond motifs is 1. The van der Waals surface area contributed by atoms with Crippen LogP contribution < -0.4 is 0 Å². The first-order valence-corrected chi connectivity index (χ1v) is 10.1. The number of carboxylic acids is 1. The van der Waals surface area contributed by atoms with E-state index >= 15 is 0 Å². The molecule has 2 unspecified atom stereocenters. The van der Waals surface area contributed by atoms with Crippen molar-refractivity contribution in [2.45, 2.75) is 59.0 Å². The number of carbonyl (C=O) groups excluding carboxylic acids is 2. The normalized spacial score (nSPS) is 17.5. The van der Waals surface area contributed by atoms with E-state index in [1.165, 1.54) is 17.4 Å². The summed E-state index contributed by atoms with van der Waals surface area (Å²) in [5.74, 6) is -1.20. The van der Waals surface area contributed by atoms with Gasteiger partial charge in [0.25, 0.3) is 0 Å². The predicted octanol–water partition coefficient (Wildman–Crippen LogP) is 3.28. The summed E-state index contributed by atoms with van der Waals surface area (Å²) in [6.45, 7) is 5.69. The Bertz CT molecular complexity index is 688. The van der Waals surface area contributed by atoms with Gasteiger partial charge in [-0.1, -0.05) is 50.2 Å². The molecule has 1 aliphatic heterocycles. The Kier molecular flexibility index (Phi) is 7.26. The van der Waals surface area contributed by atoms with Crippen LogP contribution in [0.25, 0.3) is 0 Å². The molecular formula is C20H27NO4S. The molecule has 5 nitrogen and oxygen atoms in total. The fraction of sp³-hybridized carbons (Fsp3) is 0.550. The summed E-state index contributed by atoms with van der Waals surface area (Å²) >= 11 is 1.10. The topological polar surface area (TPSA) is 74.7 Å². The first kappa shape index (κ1) is 20.5. The number of amides is 1. The van der Waals surface area contributed by atoms with E-state index in [0.29, 0.717) is 18.7 Å². The number of hydrogen-bond donors (Lipinski definition) is 1. The van der Waals surface area contributed by atoms with Crippen molar-refractivity contribution < 1.29 is 19.5 Å². The second kappa shape index (κ2) is 9.21. The summed E-state index contributed by atoms with van der Waals surface area (Å²) < 4.78 is 0. The molecule has 1 aromatic carbocycles. The Morgan fingerprint density at radius 2 is 2.04 bits per heavy atom. The van der Waals surface area contributed by atoms with Gasteiger partial charge in [0.15, 0.2) is 5.12 Å². The number of carbonyl (C=O) groups is 3. The van der Waals surface area contributed by atoms with Gasteiger partial charge in [-0.2, -0.15) is 0 Å². The summed E-state index contributed by atoms with van der Waals surface area (Å²) in [7, 11) is 0. The van der Waals surface area contributed by atoms with Gasteiger partial charge in [-0.3, -0.25) is 9.59 Å². The zero-order valence-electron chi connectivity index (χ0n) is 15.7. The monoisotopic (exact) mass is 377 g/mol. The molecule has 1 amide bonds. The lowest BCUT2D eigenvalue weighted by Gasteiger charge is -2.36. The molecule has 2 rings (SSSR count). The van der Waals surface area contributed by atoms with E-state index in [9.17, 15) is 19.5 Å². The largest absolute Gasteiger partial charge is 0.480 e. The highest BCUT2D eigenvalue weighted by Gasteiger charge is 2.36. The molecular weight excluding hydrogens is 350 g/mol. The summed E-state index contributed by atoms with van der Waals surface area (Å²) in [4.78, 5) is 37.2. The number of rotatable bonds is 7. The molecule has 0 bridgehead atoms. The van der Waals surface area contributed by atoms with Crippen LogP contribution in [0.4, 0.5) is 0 Å². The number of unbranched alkanes of at least 4 members (excludes halogenated alkanes) is 1. The highest BCUT2D eigenvalue weighted by Crippen LogP contribution is 2.27. The van der Waals surface area contributed by atoms with Crippen molar-refractivity contribution in [3.8, 4) is 0 Å². The zero-order valence-corrected chi connectivity index (χ0v) is 16.5. The molecule has 0 fully saturated rings. The van der Waals surface area contributed by atoms with Crippen LogP contribution in [0.15, 0.2) is 18.2 Å². The van der Waals surface area contributed by atoms with Gasteiger partial charge < -0.3 is 10.0 Å². The second-order valence-corrected chi connectivity index (χ2v) is 8.13. The van der Waals surface area contributed by atoms with E-state index in [1.54, 1.807) is 6.92 Å². The number of thioether (sulfide) groups is 1. The Morgan fingerprint density at radius 1 is 1.31 bits per heavy atom. The standard InChI is InChI=1S/C20H27NO4S/c1-4-5-6-15-7-8-16-10-18(20(24)25)21(11-17(16)9-15)19(23)13(2)12-26-14(3)22/h7-9,13,18H,4-6,10-12H2,1-3H3,(H,24,25). The molecule has 1 N–H and O–H groups in total. The van der Waals surface area contributed by atoms with E-state index < -0.39 is 17.9 Å². The third-order valence-corrected chi connectivity index (χ3v) is 5.82. The second-order valence-electron chi connectivity index (χ2n) is 6.93. The molecule has 0 aromatic heterocycles. The lowest BCUT2D eigenvalue weighted by atomic mass is 9.90. The summed E-state index contributed by atoms with van der Waals surface area (Å²) in [5, 5.41) is 9.56. The van der Waals surface area contributed by atoms with Crippen LogP contribution in [-0.2, 0) is 33.8 Å². The molecule has 1 heterocycles. The van der Waals surface area contributed by atoms with E-state index in [4.69, 9.17) is 0 Å². The third-order valence-electron chi connectivity index (χ3n) is 4.75. The van der Waals surface area contributed by atoms with Gasteiger partial charge in [0.2, 0.25) is 5.91 Å². The molecule has 0 aliphatic carbocycles. The molecule has 142 valence electrons. The smallest absolute Gasteiger partial charge is 0.326 e. The van der Waals surface area contributed by atoms with Gasteiger partial charge >= 0.3 is 5.97 Å². The lowest BCUT2D eigenvalue weighted by molar-refractivity contribution is -0.152. The summed E-state index contributed by atoms with van der Waals surface area (Å²) in [5.41, 5.74) is 3.27. The summed E-state index contributed by atoms with van der Waals surface area (Å²) in [6, 6.07) is 5.34. The van der Waals surface area contributed by atoms with Gasteiger partial charge in [-0.05, 0) is 29.5 Å². The van der Waals surface area contributed by atoms with Crippen molar-refractivity contribution in [2.75, 3.05) is 5.75 Å². The van der Waals surface area contributed by atoms with Crippen molar-refractivity contribution in [3.63, 3.8) is 0 Å². The Morgan fingerprint density at radius 3 is 2.65 bits per heavy atom. The van der Waals surface area contributed by atoms with Gasteiger partial charge in [0.05, 0.1) is 0 Å². The lowest BCUT2D eigenvalue weighted by Crippen LogP contribution is -2.50. The fourth-order valence-electron chi connectivity index (χ4n) is 3.22. The summed E-state index contributed by atoms with van der Waals surface area (Å²) in [6.07, 6.45) is 3.55. The van der Waals surface area contributed by atoms with Gasteiger partial charge in [0, 0.05) is 31.6 Å². The van der Waals surface area contributed by atoms with Crippen LogP contribution in [0.1, 0.15) is 50.3 Å². The van der Waals surface area contributed by atoms with Crippen LogP contribution in [0.3, 0.4) is 0 Å². The SMILES string of the molecule is CCCCc1ccc2c(c1)CN(C(=O)C(C)CSC(C)=O)C(C(=O)O)C2. The molecule has 0 spiro atoms. The van der Waals surface area contributed by atoms with Gasteiger partial charge in [0.1, 0.15) is 6.04 Å². The zero-order chi connectivity index (χ0) is 19.3. The van der Waals surface area contributed by atoms with Crippen LogP contribution in [-0.4, -0.2) is 38.8 Å². The van der Waals surface area contributed by atoms with Crippen molar-refractivity contribution in [3.05, 3.63) is 34.9 Å². The molecule has 1 aromatic rings. The number of nitrogens with zero attached hydrogens (tertiary/aromatic N) is 1. The minimum atomic E-state index is -0.981. The van der Waals surface area contributed by atoms with Crippen molar-refractivity contribution >= 4 is 28.8 Å². The first-order chi connectivity index (χ1) is 12.3. The van der Waals surface area contributed by atoms with E-state index in [0.717, 1.165) is 42.2 Å². The van der Waals surface area contributed by atoms with Crippen molar-refractivity contribution in [2.24, 2.45) is 5.92 Å². The van der Waals surface area contributed by atoms with E-state index in [2.05, 4.69) is 19.1 Å². The molecule has 0 saturated carbocycles. The molecule has 6 heteroatoms. The van der Waals surface area contributed by atoms with Crippen molar-refractivity contribution in [1.82, 2.24) is 4.90 Å². The number of carboxylic acid groups (broad SMARTS) is 1. The highest BCUT2D eigenvalue weighted by atomic mass is 32.2. The van der Waals surface area contributed by atoms with E-state index in [1.807, 2.05) is 6.07 Å². The maximum Gasteiger partial charge on any atom is 0.326 e. The average Bonchev–Trinajstić information content (AvgIpc) is 2.62. The van der Waals surface area contributed by atoms with E-state index in [-0.39, 0.29) is 11.0 Å². The number of aryl methyl sites for hydroxylation is 1. The first-order valence-electron chi connectivity index (χ1n) is 9.10. The number of aliphatic carboxylic acids is 1. The number of hydrogen-bond acceptors (Lipinski definition) is 4. The average molecular weight is 378 g/mol. The minimum Gasteiger partial charge on any atom is -0.480 e. The van der Waals surface area contributed by atoms with Crippen LogP contribution in [0, 0.1) is 5.92 Å². The molecule has 1 aliphatic rings. The Hall–Kier alpha value is -1.82. The van der Waals surface area contributed by atoms with Gasteiger partial charge in [-0.25, -0.2) is 4.79 Å². The maximum absolute atomic E-state index is 12.8. The molecule has 0 saturated heterocycles. The minimum absolute atomic E-state index is 0.0380. The predicted molar refractivity (Wildman–Crippen MR) is 103 cm³/mol. The van der Waals surface area contributed by atoms with Crippen molar-refractivity contribution in [1.29, 1.82) is 0 Å². The Labute approximate surface area is 159 Å². The molecule has 0 radical (unpaired) electrons. The third kappa shape index (κ3) is 5.10. The number of benzene rings is 1. The van der Waals surface area contributed by atoms with Crippen LogP contribution >= 0.6 is 11.8 Å². The maximum atomic E-state index is 12.8. The van der Waals surface area contributed by atoms with Crippen LogP contribution in [0.2, 0.25) is 0 Å². The Balaban J connectivity index is 2.21. The highest BCUT2D eigenvalue weighted by molar-refractivity contribution is 8.13. The molecule has 2 atom stereocenters. The fourth-order valence-corrected chi connectivity index (χ4v) is 3.85.